The number of carbonyl (C=O) groups excluding carboxylic acids is 3. The molecule has 5 aromatic rings. The number of benzene rings is 2. The van der Waals surface area contributed by atoms with Gasteiger partial charge in [-0.1, -0.05) is 35.9 Å². The Labute approximate surface area is 322 Å². The van der Waals surface area contributed by atoms with E-state index >= 15 is 0 Å². The molecule has 276 valence electrons. The summed E-state index contributed by atoms with van der Waals surface area (Å²) in [6, 6.07) is 17.1. The maximum atomic E-state index is 13.2. The smallest absolute Gasteiger partial charge is 0.255 e. The van der Waals surface area contributed by atoms with Gasteiger partial charge in [-0.05, 0) is 101 Å². The number of nitrogens with one attached hydrogen (secondary N) is 2. The summed E-state index contributed by atoms with van der Waals surface area (Å²) in [5.74, 6) is 0.855. The summed E-state index contributed by atoms with van der Waals surface area (Å²) in [6.45, 7) is 7.37. The first-order valence-corrected chi connectivity index (χ1v) is 19.7. The van der Waals surface area contributed by atoms with Gasteiger partial charge < -0.3 is 10.2 Å². The highest BCUT2D eigenvalue weighted by atomic mass is 35.5. The quantitative estimate of drug-likeness (QED) is 0.111. The summed E-state index contributed by atoms with van der Waals surface area (Å²) >= 11 is 8.03. The minimum Gasteiger partial charge on any atom is -0.385 e. The molecule has 54 heavy (non-hydrogen) atoms. The van der Waals surface area contributed by atoms with Crippen LogP contribution < -0.4 is 10.6 Å². The summed E-state index contributed by atoms with van der Waals surface area (Å²) in [4.78, 5) is 50.1. The summed E-state index contributed by atoms with van der Waals surface area (Å²) < 4.78 is 2.17. The molecule has 2 N–H and O–H groups in total. The van der Waals surface area contributed by atoms with Crippen molar-refractivity contribution in [2.24, 2.45) is 4.99 Å². The molecule has 3 aliphatic rings. The minimum absolute atomic E-state index is 0.144. The lowest BCUT2D eigenvalue weighted by Crippen LogP contribution is -2.52. The molecule has 2 atom stereocenters. The third-order valence-electron chi connectivity index (χ3n) is 10.6. The summed E-state index contributed by atoms with van der Waals surface area (Å²) in [5.41, 5.74) is 9.04. The van der Waals surface area contributed by atoms with E-state index in [1.54, 1.807) is 16.2 Å². The highest BCUT2D eigenvalue weighted by molar-refractivity contribution is 7.15. The maximum absolute atomic E-state index is 13.2. The molecule has 2 aromatic carbocycles. The normalized spacial score (nSPS) is 17.8. The fourth-order valence-electron chi connectivity index (χ4n) is 7.68. The van der Waals surface area contributed by atoms with Crippen molar-refractivity contribution < 1.29 is 14.4 Å². The molecule has 3 amide bonds. The molecular formula is C41H41ClN8O3S. The number of rotatable bonds is 11. The van der Waals surface area contributed by atoms with E-state index in [2.05, 4.69) is 51.4 Å². The van der Waals surface area contributed by atoms with Crippen molar-refractivity contribution in [2.45, 2.75) is 84.3 Å². The zero-order chi connectivity index (χ0) is 37.5. The molecule has 8 rings (SSSR count). The number of fused-ring (bicyclic) bond motifs is 4. The van der Waals surface area contributed by atoms with Crippen LogP contribution in [-0.2, 0) is 35.4 Å². The Balaban J connectivity index is 0.870. The van der Waals surface area contributed by atoms with Gasteiger partial charge in [0, 0.05) is 69.2 Å². The number of unbranched alkanes of at least 4 members (excludes halogenated alkanes) is 1. The zero-order valence-corrected chi connectivity index (χ0v) is 32.1. The highest BCUT2D eigenvalue weighted by Crippen LogP contribution is 2.40. The number of aliphatic imine (C=N–C) groups is 1. The summed E-state index contributed by atoms with van der Waals surface area (Å²) in [5, 5.41) is 16.6. The van der Waals surface area contributed by atoms with Crippen LogP contribution in [0.2, 0.25) is 5.02 Å². The molecule has 3 aliphatic heterocycles. The van der Waals surface area contributed by atoms with Crippen molar-refractivity contribution in [1.29, 1.82) is 0 Å². The van der Waals surface area contributed by atoms with Crippen LogP contribution in [-0.4, -0.2) is 60.7 Å². The number of anilines is 1. The van der Waals surface area contributed by atoms with E-state index in [1.165, 1.54) is 16.0 Å². The van der Waals surface area contributed by atoms with Gasteiger partial charge in [0.2, 0.25) is 11.8 Å². The second-order valence-electron chi connectivity index (χ2n) is 14.2. The molecule has 0 saturated carbocycles. The van der Waals surface area contributed by atoms with Crippen LogP contribution in [0.15, 0.2) is 65.8 Å². The van der Waals surface area contributed by atoms with Gasteiger partial charge in [0.1, 0.15) is 22.9 Å². The van der Waals surface area contributed by atoms with Crippen LogP contribution in [0.4, 0.5) is 5.69 Å². The molecule has 0 radical (unpaired) electrons. The second kappa shape index (κ2) is 14.9. The molecule has 11 nitrogen and oxygen atoms in total. The fraction of sp³-hybridized carbons (Fsp3) is 0.341. The SMILES string of the molecule is Cc1c(CCc2ccc(CCCCNc3cccc4c3CN(C3CCC(=O)NC3=O)C4=O)cn2)sc2c1C(c1ccc(Cl)cc1)=N[C@@H](C)c1nnc(C)n1-2. The number of nitrogens with zero attached hydrogens (tertiary/aromatic N) is 6. The molecule has 6 heterocycles. The topological polar surface area (TPSA) is 134 Å². The largest absolute Gasteiger partial charge is 0.385 e. The number of imide groups is 1. The first-order chi connectivity index (χ1) is 26.2. The monoisotopic (exact) mass is 760 g/mol. The van der Waals surface area contributed by atoms with Gasteiger partial charge in [0.15, 0.2) is 5.82 Å². The standard InChI is InChI=1S/C41H41ClN8O3S/c1-23-34(54-41-36(23)37(27-11-13-28(42)14-12-27)45-24(2)38-48-47-25(3)50(38)41)18-16-29-15-10-26(21-44-29)7-4-5-20-43-32-9-6-8-30-31(32)22-49(40(30)53)33-17-19-35(51)46-39(33)52/h6,8-15,21,24,33,43H,4-5,7,16-20,22H2,1-3H3,(H,46,51,52)/t24-,33?/m0/s1. The molecule has 0 bridgehead atoms. The van der Waals surface area contributed by atoms with E-state index in [9.17, 15) is 14.4 Å². The maximum Gasteiger partial charge on any atom is 0.255 e. The zero-order valence-electron chi connectivity index (χ0n) is 30.5. The van der Waals surface area contributed by atoms with Gasteiger partial charge in [0.25, 0.3) is 5.91 Å². The highest BCUT2D eigenvalue weighted by Gasteiger charge is 2.40. The Kier molecular flexibility index (Phi) is 9.89. The van der Waals surface area contributed by atoms with Crippen LogP contribution in [0.5, 0.6) is 0 Å². The van der Waals surface area contributed by atoms with Gasteiger partial charge in [-0.15, -0.1) is 21.5 Å². The number of aryl methyl sites for hydroxylation is 4. The third-order valence-corrected chi connectivity index (χ3v) is 12.2. The molecule has 0 spiro atoms. The van der Waals surface area contributed by atoms with Crippen molar-refractivity contribution in [3.63, 3.8) is 0 Å². The van der Waals surface area contributed by atoms with E-state index < -0.39 is 11.9 Å². The van der Waals surface area contributed by atoms with Gasteiger partial charge >= 0.3 is 0 Å². The number of thiophene rings is 1. The Morgan fingerprint density at radius 1 is 0.981 bits per heavy atom. The first-order valence-electron chi connectivity index (χ1n) is 18.5. The number of pyridine rings is 1. The van der Waals surface area contributed by atoms with Crippen LogP contribution in [0.1, 0.15) is 99.0 Å². The predicted octanol–water partition coefficient (Wildman–Crippen LogP) is 6.89. The van der Waals surface area contributed by atoms with E-state index in [4.69, 9.17) is 21.6 Å². The van der Waals surface area contributed by atoms with Crippen molar-refractivity contribution in [1.82, 2.24) is 30.0 Å². The number of hydrogen-bond donors (Lipinski definition) is 2. The molecule has 1 saturated heterocycles. The number of hydrogen-bond acceptors (Lipinski definition) is 9. The van der Waals surface area contributed by atoms with E-state index in [0.29, 0.717) is 23.6 Å². The van der Waals surface area contributed by atoms with Crippen molar-refractivity contribution in [3.05, 3.63) is 121 Å². The molecule has 1 fully saturated rings. The molecule has 3 aromatic heterocycles. The Morgan fingerprint density at radius 3 is 2.59 bits per heavy atom. The van der Waals surface area contributed by atoms with Gasteiger partial charge in [-0.2, -0.15) is 0 Å². The van der Waals surface area contributed by atoms with Crippen molar-refractivity contribution >= 4 is 52.1 Å². The second-order valence-corrected chi connectivity index (χ2v) is 15.7. The molecule has 1 unspecified atom stereocenters. The minimum atomic E-state index is -0.619. The lowest BCUT2D eigenvalue weighted by Gasteiger charge is -2.29. The van der Waals surface area contributed by atoms with Crippen molar-refractivity contribution in [2.75, 3.05) is 11.9 Å². The lowest BCUT2D eigenvalue weighted by atomic mass is 9.98. The predicted molar refractivity (Wildman–Crippen MR) is 210 cm³/mol. The van der Waals surface area contributed by atoms with Crippen LogP contribution in [0.25, 0.3) is 5.00 Å². The Hall–Kier alpha value is -5.20. The van der Waals surface area contributed by atoms with E-state index in [-0.39, 0.29) is 24.3 Å². The Bertz CT molecular complexity index is 2300. The number of aromatic nitrogens is 4. The van der Waals surface area contributed by atoms with Gasteiger partial charge in [-0.3, -0.25) is 34.2 Å². The van der Waals surface area contributed by atoms with Crippen LogP contribution in [0.3, 0.4) is 0 Å². The van der Waals surface area contributed by atoms with E-state index in [0.717, 1.165) is 89.1 Å². The summed E-state index contributed by atoms with van der Waals surface area (Å²) in [6.07, 6.45) is 7.15. The lowest BCUT2D eigenvalue weighted by molar-refractivity contribution is -0.136. The number of halogens is 1. The number of carbonyl (C=O) groups is 3. The van der Waals surface area contributed by atoms with Gasteiger partial charge in [0.05, 0.1) is 5.71 Å². The molecule has 13 heteroatoms. The van der Waals surface area contributed by atoms with Crippen molar-refractivity contribution in [3.8, 4) is 5.00 Å². The average molecular weight is 761 g/mol. The fourth-order valence-corrected chi connectivity index (χ4v) is 9.17. The average Bonchev–Trinajstić information content (AvgIpc) is 3.79. The number of piperidine rings is 1. The molecular weight excluding hydrogens is 720 g/mol. The third kappa shape index (κ3) is 6.84. The Morgan fingerprint density at radius 2 is 1.81 bits per heavy atom. The molecule has 0 aliphatic carbocycles. The van der Waals surface area contributed by atoms with Gasteiger partial charge in [-0.25, -0.2) is 0 Å². The van der Waals surface area contributed by atoms with Crippen LogP contribution in [0, 0.1) is 13.8 Å². The number of amides is 3. The summed E-state index contributed by atoms with van der Waals surface area (Å²) in [7, 11) is 0. The van der Waals surface area contributed by atoms with E-state index in [1.807, 2.05) is 55.6 Å². The van der Waals surface area contributed by atoms with Crippen LogP contribution >= 0.6 is 22.9 Å². The first kappa shape index (κ1) is 35.8.